The molecule has 7 nitrogen and oxygen atoms in total. The molecule has 0 atom stereocenters. The fraction of sp³-hybridized carbons (Fsp3) is 0.406. The number of nitrogens with two attached hydrogens (primary N) is 1. The first-order valence-corrected chi connectivity index (χ1v) is 13.9. The van der Waals surface area contributed by atoms with E-state index in [-0.39, 0.29) is 25.6 Å². The zero-order valence-electron chi connectivity index (χ0n) is 23.8. The molecular formula is C32H37F2N3O4. The predicted molar refractivity (Wildman–Crippen MR) is 157 cm³/mol. The molecule has 9 heteroatoms. The Hall–Kier alpha value is -3.85. The number of benzene rings is 2. The standard InChI is InChI=1S/C32H37F2N3O4/c1-4-40-29(38)12-7-22-6-11-26-27-18-23(20-36-30(27)31(35)37-28(26)19-22)5-8-24-9-10-25(17-21(24)2)41-16-15-39-14-13-32(3,33)34/h6,9-11,17-20H,4-5,7-8,12-16H2,1-3H3,(H2,35,37). The third kappa shape index (κ3) is 8.57. The van der Waals surface area contributed by atoms with E-state index in [0.717, 1.165) is 58.5 Å². The molecule has 0 saturated heterocycles. The molecule has 0 aliphatic carbocycles. The molecule has 2 heterocycles. The van der Waals surface area contributed by atoms with Crippen LogP contribution in [0, 0.1) is 6.92 Å². The quantitative estimate of drug-likeness (QED) is 0.107. The normalized spacial score (nSPS) is 11.7. The summed E-state index contributed by atoms with van der Waals surface area (Å²) >= 11 is 0. The molecule has 2 N–H and O–H groups in total. The topological polar surface area (TPSA) is 96.6 Å². The summed E-state index contributed by atoms with van der Waals surface area (Å²) in [5, 5.41) is 1.92. The minimum absolute atomic E-state index is 0.00547. The van der Waals surface area contributed by atoms with Crippen molar-refractivity contribution in [1.82, 2.24) is 9.97 Å². The molecule has 0 bridgehead atoms. The number of nitrogens with zero attached hydrogens (tertiary/aromatic N) is 2. The van der Waals surface area contributed by atoms with Crippen molar-refractivity contribution in [3.05, 3.63) is 70.9 Å². The number of nitrogen functional groups attached to an aromatic ring is 1. The van der Waals surface area contributed by atoms with Crippen LogP contribution in [0.2, 0.25) is 0 Å². The number of halogens is 2. The highest BCUT2D eigenvalue weighted by Crippen LogP contribution is 2.29. The fourth-order valence-electron chi connectivity index (χ4n) is 4.66. The van der Waals surface area contributed by atoms with Crippen LogP contribution >= 0.6 is 0 Å². The van der Waals surface area contributed by atoms with Gasteiger partial charge in [-0.2, -0.15) is 0 Å². The van der Waals surface area contributed by atoms with Gasteiger partial charge < -0.3 is 19.9 Å². The molecule has 0 saturated carbocycles. The maximum atomic E-state index is 12.8. The summed E-state index contributed by atoms with van der Waals surface area (Å²) in [5.74, 6) is -1.83. The van der Waals surface area contributed by atoms with E-state index in [2.05, 4.69) is 16.0 Å². The zero-order chi connectivity index (χ0) is 29.4. The molecule has 0 radical (unpaired) electrons. The van der Waals surface area contributed by atoms with Crippen LogP contribution in [-0.4, -0.2) is 48.3 Å². The first-order chi connectivity index (χ1) is 19.6. The summed E-state index contributed by atoms with van der Waals surface area (Å²) in [6.45, 7) is 5.67. The van der Waals surface area contributed by atoms with Gasteiger partial charge in [0, 0.05) is 29.8 Å². The lowest BCUT2D eigenvalue weighted by atomic mass is 9.99. The van der Waals surface area contributed by atoms with E-state index < -0.39 is 5.92 Å². The van der Waals surface area contributed by atoms with Crippen LogP contribution in [0.25, 0.3) is 21.8 Å². The van der Waals surface area contributed by atoms with E-state index in [1.807, 2.05) is 49.5 Å². The second-order valence-corrected chi connectivity index (χ2v) is 10.3. The van der Waals surface area contributed by atoms with E-state index in [0.29, 0.717) is 37.4 Å². The van der Waals surface area contributed by atoms with Gasteiger partial charge in [-0.25, -0.2) is 13.8 Å². The van der Waals surface area contributed by atoms with Crippen molar-refractivity contribution in [1.29, 1.82) is 0 Å². The van der Waals surface area contributed by atoms with Crippen LogP contribution in [0.4, 0.5) is 14.6 Å². The maximum Gasteiger partial charge on any atom is 0.306 e. The SMILES string of the molecule is CCOC(=O)CCc1ccc2c(c1)nc(N)c1ncc(CCc3ccc(OCCOCCC(C)(F)F)cc3C)cc12. The highest BCUT2D eigenvalue weighted by Gasteiger charge is 2.20. The van der Waals surface area contributed by atoms with Crippen molar-refractivity contribution in [3.8, 4) is 5.75 Å². The molecule has 4 aromatic rings. The third-order valence-corrected chi connectivity index (χ3v) is 6.88. The molecule has 0 unspecified atom stereocenters. The number of fused-ring (bicyclic) bond motifs is 3. The molecule has 218 valence electrons. The Morgan fingerprint density at radius 2 is 1.80 bits per heavy atom. The number of rotatable bonds is 14. The second-order valence-electron chi connectivity index (χ2n) is 10.3. The lowest BCUT2D eigenvalue weighted by Gasteiger charge is -2.12. The summed E-state index contributed by atoms with van der Waals surface area (Å²) in [5.41, 5.74) is 12.1. The average Bonchev–Trinajstić information content (AvgIpc) is 2.92. The Morgan fingerprint density at radius 3 is 2.56 bits per heavy atom. The smallest absolute Gasteiger partial charge is 0.306 e. The summed E-state index contributed by atoms with van der Waals surface area (Å²) < 4.78 is 41.7. The van der Waals surface area contributed by atoms with E-state index in [1.165, 1.54) is 5.56 Å². The van der Waals surface area contributed by atoms with Gasteiger partial charge in [0.1, 0.15) is 17.9 Å². The fourth-order valence-corrected chi connectivity index (χ4v) is 4.66. The minimum atomic E-state index is -2.72. The van der Waals surface area contributed by atoms with Crippen molar-refractivity contribution in [2.75, 3.05) is 32.2 Å². The molecule has 0 aliphatic rings. The van der Waals surface area contributed by atoms with Crippen molar-refractivity contribution in [2.45, 2.75) is 58.8 Å². The molecule has 0 fully saturated rings. The highest BCUT2D eigenvalue weighted by atomic mass is 19.3. The number of aryl methyl sites for hydroxylation is 4. The Balaban J connectivity index is 1.39. The Kier molecular flexibility index (Phi) is 10.0. The first kappa shape index (κ1) is 30.1. The van der Waals surface area contributed by atoms with Crippen LogP contribution in [0.15, 0.2) is 48.7 Å². The van der Waals surface area contributed by atoms with Crippen LogP contribution in [0.1, 0.15) is 48.9 Å². The van der Waals surface area contributed by atoms with E-state index in [4.69, 9.17) is 19.9 Å². The second kappa shape index (κ2) is 13.7. The molecule has 0 aliphatic heterocycles. The van der Waals surface area contributed by atoms with Gasteiger partial charge in [-0.3, -0.25) is 9.78 Å². The van der Waals surface area contributed by atoms with Crippen molar-refractivity contribution >= 4 is 33.6 Å². The van der Waals surface area contributed by atoms with Crippen molar-refractivity contribution in [3.63, 3.8) is 0 Å². The number of pyridine rings is 2. The van der Waals surface area contributed by atoms with Crippen molar-refractivity contribution in [2.24, 2.45) is 0 Å². The van der Waals surface area contributed by atoms with Gasteiger partial charge in [0.05, 0.1) is 25.3 Å². The number of hydrogen-bond donors (Lipinski definition) is 1. The predicted octanol–water partition coefficient (Wildman–Crippen LogP) is 6.40. The molecule has 41 heavy (non-hydrogen) atoms. The van der Waals surface area contributed by atoms with Gasteiger partial charge in [-0.05, 0) is 86.6 Å². The zero-order valence-corrected chi connectivity index (χ0v) is 23.8. The number of anilines is 1. The van der Waals surface area contributed by atoms with Gasteiger partial charge >= 0.3 is 5.97 Å². The third-order valence-electron chi connectivity index (χ3n) is 6.88. The van der Waals surface area contributed by atoms with E-state index in [1.54, 1.807) is 6.92 Å². The number of carbonyl (C=O) groups excluding carboxylic acids is 1. The summed E-state index contributed by atoms with van der Waals surface area (Å²) in [4.78, 5) is 20.9. The maximum absolute atomic E-state index is 12.8. The van der Waals surface area contributed by atoms with Gasteiger partial charge in [-0.1, -0.05) is 18.2 Å². The number of aromatic nitrogens is 2. The lowest BCUT2D eigenvalue weighted by Crippen LogP contribution is -2.15. The Labute approximate surface area is 239 Å². The first-order valence-electron chi connectivity index (χ1n) is 13.9. The van der Waals surface area contributed by atoms with Crippen LogP contribution < -0.4 is 10.5 Å². The van der Waals surface area contributed by atoms with Gasteiger partial charge in [0.25, 0.3) is 0 Å². The summed E-state index contributed by atoms with van der Waals surface area (Å²) in [6, 6.07) is 14.1. The monoisotopic (exact) mass is 565 g/mol. The largest absolute Gasteiger partial charge is 0.491 e. The average molecular weight is 566 g/mol. The lowest BCUT2D eigenvalue weighted by molar-refractivity contribution is -0.143. The minimum Gasteiger partial charge on any atom is -0.491 e. The number of hydrogen-bond acceptors (Lipinski definition) is 7. The Morgan fingerprint density at radius 1 is 0.976 bits per heavy atom. The highest BCUT2D eigenvalue weighted by molar-refractivity contribution is 6.08. The number of carbonyl (C=O) groups is 1. The Bertz CT molecular complexity index is 1500. The van der Waals surface area contributed by atoms with Gasteiger partial charge in [0.2, 0.25) is 5.92 Å². The molecule has 0 spiro atoms. The van der Waals surface area contributed by atoms with Crippen LogP contribution in [0.5, 0.6) is 5.75 Å². The van der Waals surface area contributed by atoms with E-state index >= 15 is 0 Å². The number of esters is 1. The van der Waals surface area contributed by atoms with Crippen molar-refractivity contribution < 1.29 is 27.8 Å². The number of ether oxygens (including phenoxy) is 3. The molecule has 2 aromatic carbocycles. The summed E-state index contributed by atoms with van der Waals surface area (Å²) in [6.07, 6.45) is 4.06. The van der Waals surface area contributed by atoms with Crippen LogP contribution in [0.3, 0.4) is 0 Å². The molecule has 2 aromatic heterocycles. The molecule has 0 amide bonds. The molecule has 4 rings (SSSR count). The molecular weight excluding hydrogens is 528 g/mol. The van der Waals surface area contributed by atoms with E-state index in [9.17, 15) is 13.6 Å². The number of alkyl halides is 2. The van der Waals surface area contributed by atoms with Crippen LogP contribution in [-0.2, 0) is 33.5 Å². The summed E-state index contributed by atoms with van der Waals surface area (Å²) in [7, 11) is 0. The van der Waals surface area contributed by atoms with Gasteiger partial charge in [0.15, 0.2) is 5.82 Å². The van der Waals surface area contributed by atoms with Gasteiger partial charge in [-0.15, -0.1) is 0 Å².